The van der Waals surface area contributed by atoms with Gasteiger partial charge in [0.15, 0.2) is 0 Å². The minimum atomic E-state index is 0.0666. The third-order valence-corrected chi connectivity index (χ3v) is 3.29. The van der Waals surface area contributed by atoms with Crippen molar-refractivity contribution < 1.29 is 0 Å². The maximum absolute atomic E-state index is 5.91. The third-order valence-electron chi connectivity index (χ3n) is 3.04. The number of nitrogens with one attached hydrogen (secondary N) is 2. The lowest BCUT2D eigenvalue weighted by molar-refractivity contribution is 0.465. The van der Waals surface area contributed by atoms with Gasteiger partial charge in [-0.25, -0.2) is 4.98 Å². The van der Waals surface area contributed by atoms with Crippen LogP contribution in [0.4, 0.5) is 0 Å². The van der Waals surface area contributed by atoms with Crippen molar-refractivity contribution in [1.82, 2.24) is 15.3 Å². The Hall–Kier alpha value is -1.32. The van der Waals surface area contributed by atoms with Crippen LogP contribution >= 0.6 is 11.6 Å². The zero-order valence-corrected chi connectivity index (χ0v) is 11.5. The molecular weight excluding hydrogens is 246 g/mol. The van der Waals surface area contributed by atoms with Gasteiger partial charge in [-0.2, -0.15) is 0 Å². The maximum Gasteiger partial charge on any atom is 0.120 e. The van der Waals surface area contributed by atoms with Gasteiger partial charge < -0.3 is 10.3 Å². The lowest BCUT2D eigenvalue weighted by Gasteiger charge is -2.25. The predicted molar refractivity (Wildman–Crippen MR) is 74.8 cm³/mol. The van der Waals surface area contributed by atoms with Crippen LogP contribution in [0.25, 0.3) is 0 Å². The minimum absolute atomic E-state index is 0.0666. The molecular formula is C14H18ClN3. The summed E-state index contributed by atoms with van der Waals surface area (Å²) < 4.78 is 0. The molecule has 1 aromatic carbocycles. The lowest BCUT2D eigenvalue weighted by atomic mass is 9.84. The van der Waals surface area contributed by atoms with Gasteiger partial charge in [-0.05, 0) is 17.7 Å². The molecule has 2 N–H and O–H groups in total. The topological polar surface area (TPSA) is 40.7 Å². The van der Waals surface area contributed by atoms with Gasteiger partial charge in [-0.3, -0.25) is 0 Å². The maximum atomic E-state index is 5.91. The van der Waals surface area contributed by atoms with E-state index in [2.05, 4.69) is 41.3 Å². The van der Waals surface area contributed by atoms with Gasteiger partial charge in [0.05, 0.1) is 6.54 Å². The largest absolute Gasteiger partial charge is 0.348 e. The number of nitrogens with zero attached hydrogens (tertiary/aromatic N) is 1. The fourth-order valence-electron chi connectivity index (χ4n) is 1.89. The number of hydrogen-bond donors (Lipinski definition) is 2. The molecule has 3 nitrogen and oxygen atoms in total. The average Bonchev–Trinajstić information content (AvgIpc) is 2.82. The summed E-state index contributed by atoms with van der Waals surface area (Å²) in [6.45, 7) is 6.07. The van der Waals surface area contributed by atoms with Crippen LogP contribution in [0.1, 0.15) is 25.2 Å². The molecule has 0 bridgehead atoms. The molecule has 1 aromatic heterocycles. The Balaban J connectivity index is 1.92. The van der Waals surface area contributed by atoms with E-state index in [-0.39, 0.29) is 5.41 Å². The highest BCUT2D eigenvalue weighted by Crippen LogP contribution is 2.23. The van der Waals surface area contributed by atoms with E-state index in [1.165, 1.54) is 5.56 Å². The van der Waals surface area contributed by atoms with E-state index >= 15 is 0 Å². The molecule has 0 saturated carbocycles. The smallest absolute Gasteiger partial charge is 0.120 e. The molecule has 1 heterocycles. The zero-order valence-electron chi connectivity index (χ0n) is 10.7. The molecule has 0 fully saturated rings. The van der Waals surface area contributed by atoms with Crippen LogP contribution in [-0.4, -0.2) is 16.5 Å². The summed E-state index contributed by atoms with van der Waals surface area (Å²) >= 11 is 5.91. The Morgan fingerprint density at radius 1 is 1.28 bits per heavy atom. The number of benzene rings is 1. The van der Waals surface area contributed by atoms with Crippen molar-refractivity contribution >= 4 is 11.6 Å². The van der Waals surface area contributed by atoms with Crippen molar-refractivity contribution in [2.45, 2.75) is 25.8 Å². The van der Waals surface area contributed by atoms with Crippen LogP contribution in [0.2, 0.25) is 5.02 Å². The Bertz CT molecular complexity index is 474. The van der Waals surface area contributed by atoms with Crippen LogP contribution in [0.5, 0.6) is 0 Å². The lowest BCUT2D eigenvalue weighted by Crippen LogP contribution is -2.32. The van der Waals surface area contributed by atoms with Gasteiger partial charge in [0.1, 0.15) is 5.82 Å². The third kappa shape index (κ3) is 3.34. The first-order valence-electron chi connectivity index (χ1n) is 6.03. The second kappa shape index (κ2) is 5.55. The van der Waals surface area contributed by atoms with E-state index < -0.39 is 0 Å². The summed E-state index contributed by atoms with van der Waals surface area (Å²) in [4.78, 5) is 7.26. The predicted octanol–water partition coefficient (Wildman–Crippen LogP) is 3.13. The highest BCUT2D eigenvalue weighted by Gasteiger charge is 2.19. The summed E-state index contributed by atoms with van der Waals surface area (Å²) in [6, 6.07) is 8.03. The van der Waals surface area contributed by atoms with Crippen LogP contribution in [-0.2, 0) is 12.0 Å². The van der Waals surface area contributed by atoms with E-state index in [0.29, 0.717) is 0 Å². The molecule has 0 amide bonds. The molecule has 18 heavy (non-hydrogen) atoms. The number of hydrogen-bond acceptors (Lipinski definition) is 2. The summed E-state index contributed by atoms with van der Waals surface area (Å²) in [7, 11) is 0. The molecule has 0 saturated heterocycles. The number of rotatable bonds is 5. The quantitative estimate of drug-likeness (QED) is 0.870. The van der Waals surface area contributed by atoms with Gasteiger partial charge >= 0.3 is 0 Å². The number of aromatic nitrogens is 2. The second-order valence-electron chi connectivity index (χ2n) is 5.03. The van der Waals surface area contributed by atoms with Gasteiger partial charge in [0, 0.05) is 29.4 Å². The number of aromatic amines is 1. The van der Waals surface area contributed by atoms with Crippen molar-refractivity contribution in [3.05, 3.63) is 53.1 Å². The molecule has 0 atom stereocenters. The van der Waals surface area contributed by atoms with E-state index in [1.54, 1.807) is 6.20 Å². The molecule has 0 aliphatic heterocycles. The molecule has 0 unspecified atom stereocenters. The Kier molecular flexibility index (Phi) is 4.04. The SMILES string of the molecule is CC(C)(CNCc1ncc[nH]1)c1ccc(Cl)cc1. The number of imidazole rings is 1. The minimum Gasteiger partial charge on any atom is -0.348 e. The summed E-state index contributed by atoms with van der Waals surface area (Å²) in [5.74, 6) is 0.960. The normalized spacial score (nSPS) is 11.7. The molecule has 96 valence electrons. The summed E-state index contributed by atoms with van der Waals surface area (Å²) in [6.07, 6.45) is 3.60. The van der Waals surface area contributed by atoms with Crippen molar-refractivity contribution in [3.8, 4) is 0 Å². The first-order valence-corrected chi connectivity index (χ1v) is 6.41. The highest BCUT2D eigenvalue weighted by atomic mass is 35.5. The molecule has 2 aromatic rings. The van der Waals surface area contributed by atoms with E-state index in [1.807, 2.05) is 18.3 Å². The van der Waals surface area contributed by atoms with Gasteiger partial charge in [-0.15, -0.1) is 0 Å². The Morgan fingerprint density at radius 2 is 2.00 bits per heavy atom. The van der Waals surface area contributed by atoms with Gasteiger partial charge in [0.25, 0.3) is 0 Å². The Morgan fingerprint density at radius 3 is 2.61 bits per heavy atom. The molecule has 0 aliphatic rings. The summed E-state index contributed by atoms with van der Waals surface area (Å²) in [5.41, 5.74) is 1.34. The van der Waals surface area contributed by atoms with Crippen LogP contribution in [0.3, 0.4) is 0 Å². The van der Waals surface area contributed by atoms with Crippen molar-refractivity contribution in [3.63, 3.8) is 0 Å². The van der Waals surface area contributed by atoms with Crippen molar-refractivity contribution in [1.29, 1.82) is 0 Å². The standard InChI is InChI=1S/C14H18ClN3/c1-14(2,11-3-5-12(15)6-4-11)10-16-9-13-17-7-8-18-13/h3-8,16H,9-10H2,1-2H3,(H,17,18). The van der Waals surface area contributed by atoms with Crippen molar-refractivity contribution in [2.24, 2.45) is 0 Å². The van der Waals surface area contributed by atoms with E-state index in [9.17, 15) is 0 Å². The fraction of sp³-hybridized carbons (Fsp3) is 0.357. The van der Waals surface area contributed by atoms with Crippen molar-refractivity contribution in [2.75, 3.05) is 6.54 Å². The van der Waals surface area contributed by atoms with E-state index in [0.717, 1.165) is 23.9 Å². The molecule has 0 radical (unpaired) electrons. The zero-order chi connectivity index (χ0) is 13.0. The van der Waals surface area contributed by atoms with Crippen LogP contribution < -0.4 is 5.32 Å². The van der Waals surface area contributed by atoms with Gasteiger partial charge in [-0.1, -0.05) is 37.6 Å². The average molecular weight is 264 g/mol. The highest BCUT2D eigenvalue weighted by molar-refractivity contribution is 6.30. The first-order chi connectivity index (χ1) is 8.58. The monoisotopic (exact) mass is 263 g/mol. The Labute approximate surface area is 113 Å². The molecule has 0 spiro atoms. The molecule has 4 heteroatoms. The van der Waals surface area contributed by atoms with Crippen LogP contribution in [0, 0.1) is 0 Å². The molecule has 0 aliphatic carbocycles. The second-order valence-corrected chi connectivity index (χ2v) is 5.47. The first kappa shape index (κ1) is 13.1. The molecule has 2 rings (SSSR count). The number of halogens is 1. The van der Waals surface area contributed by atoms with E-state index in [4.69, 9.17) is 11.6 Å². The fourth-order valence-corrected chi connectivity index (χ4v) is 2.02. The van der Waals surface area contributed by atoms with Crippen LogP contribution in [0.15, 0.2) is 36.7 Å². The summed E-state index contributed by atoms with van der Waals surface area (Å²) in [5, 5.41) is 4.19. The number of H-pyrrole nitrogens is 1. The van der Waals surface area contributed by atoms with Gasteiger partial charge in [0.2, 0.25) is 0 Å².